The van der Waals surface area contributed by atoms with E-state index < -0.39 is 13.5 Å². The standard InChI is InChI=1S/C12H18O3Si/c1-11(10(14)15-2)9-8(13)6-7-12(9,11)16(3,4)5/h6-7,9H,1-5H3/t9-,11-,12+/m0/s1. The summed E-state index contributed by atoms with van der Waals surface area (Å²) in [5.74, 6) is -0.313. The highest BCUT2D eigenvalue weighted by molar-refractivity contribution is 6.82. The zero-order valence-electron chi connectivity index (χ0n) is 10.5. The fourth-order valence-corrected chi connectivity index (χ4v) is 7.31. The number of ketones is 1. The third kappa shape index (κ3) is 0.942. The summed E-state index contributed by atoms with van der Waals surface area (Å²) < 4.78 is 4.88. The molecule has 0 aromatic carbocycles. The van der Waals surface area contributed by atoms with Gasteiger partial charge in [0.1, 0.15) is 0 Å². The Labute approximate surface area is 96.9 Å². The van der Waals surface area contributed by atoms with E-state index >= 15 is 0 Å². The Kier molecular flexibility index (Phi) is 2.07. The van der Waals surface area contributed by atoms with E-state index in [1.54, 1.807) is 6.08 Å². The van der Waals surface area contributed by atoms with Gasteiger partial charge in [-0.1, -0.05) is 25.7 Å². The minimum Gasteiger partial charge on any atom is -0.469 e. The van der Waals surface area contributed by atoms with Crippen molar-refractivity contribution in [1.29, 1.82) is 0 Å². The smallest absolute Gasteiger partial charge is 0.312 e. The zero-order valence-corrected chi connectivity index (χ0v) is 11.5. The van der Waals surface area contributed by atoms with Crippen LogP contribution in [0.2, 0.25) is 24.7 Å². The molecule has 0 heterocycles. The van der Waals surface area contributed by atoms with Gasteiger partial charge >= 0.3 is 5.97 Å². The molecule has 0 saturated heterocycles. The topological polar surface area (TPSA) is 43.4 Å². The number of carbonyl (C=O) groups excluding carboxylic acids is 2. The number of allylic oxidation sites excluding steroid dienone is 2. The van der Waals surface area contributed by atoms with Gasteiger partial charge in [0.2, 0.25) is 0 Å². The Morgan fingerprint density at radius 1 is 1.44 bits per heavy atom. The lowest BCUT2D eigenvalue weighted by Crippen LogP contribution is -2.35. The molecule has 2 aliphatic carbocycles. The maximum atomic E-state index is 11.9. The summed E-state index contributed by atoms with van der Waals surface area (Å²) in [7, 11) is -0.242. The number of methoxy groups -OCH3 is 1. The van der Waals surface area contributed by atoms with Crippen LogP contribution in [0.4, 0.5) is 0 Å². The van der Waals surface area contributed by atoms with Crippen LogP contribution in [0.5, 0.6) is 0 Å². The van der Waals surface area contributed by atoms with Gasteiger partial charge in [-0.05, 0) is 13.0 Å². The third-order valence-electron chi connectivity index (χ3n) is 4.45. The first-order valence-corrected chi connectivity index (χ1v) is 9.05. The number of hydrogen-bond donors (Lipinski definition) is 0. The molecule has 0 bridgehead atoms. The van der Waals surface area contributed by atoms with Crippen LogP contribution in [-0.2, 0) is 14.3 Å². The molecule has 0 aromatic heterocycles. The molecule has 2 aliphatic rings. The Bertz CT molecular complexity index is 407. The molecule has 2 rings (SSSR count). The molecule has 4 heteroatoms. The van der Waals surface area contributed by atoms with Crippen LogP contribution in [0.15, 0.2) is 12.2 Å². The number of esters is 1. The Morgan fingerprint density at radius 3 is 2.38 bits per heavy atom. The molecule has 16 heavy (non-hydrogen) atoms. The van der Waals surface area contributed by atoms with E-state index in [1.165, 1.54) is 7.11 Å². The third-order valence-corrected chi connectivity index (χ3v) is 7.91. The van der Waals surface area contributed by atoms with Crippen LogP contribution < -0.4 is 0 Å². The van der Waals surface area contributed by atoms with Crippen LogP contribution in [-0.4, -0.2) is 26.9 Å². The van der Waals surface area contributed by atoms with Crippen LogP contribution in [0, 0.1) is 11.3 Å². The molecule has 1 fully saturated rings. The zero-order chi connectivity index (χ0) is 12.4. The number of rotatable bonds is 2. The van der Waals surface area contributed by atoms with Crippen LogP contribution in [0.25, 0.3) is 0 Å². The summed E-state index contributed by atoms with van der Waals surface area (Å²) in [6, 6.07) is 0. The number of hydrogen-bond acceptors (Lipinski definition) is 3. The predicted molar refractivity (Wildman–Crippen MR) is 63.8 cm³/mol. The van der Waals surface area contributed by atoms with Gasteiger partial charge in [-0.25, -0.2) is 0 Å². The maximum Gasteiger partial charge on any atom is 0.312 e. The second-order valence-corrected chi connectivity index (χ2v) is 11.3. The summed E-state index contributed by atoms with van der Waals surface area (Å²) in [5, 5.41) is -0.218. The number of carbonyl (C=O) groups is 2. The molecular formula is C12H18O3Si. The fraction of sp³-hybridized carbons (Fsp3) is 0.667. The molecule has 3 nitrogen and oxygen atoms in total. The quantitative estimate of drug-likeness (QED) is 0.546. The molecule has 88 valence electrons. The summed E-state index contributed by atoms with van der Waals surface area (Å²) >= 11 is 0. The predicted octanol–water partition coefficient (Wildman–Crippen LogP) is 2.01. The van der Waals surface area contributed by atoms with Crippen LogP contribution in [0.1, 0.15) is 6.92 Å². The SMILES string of the molecule is COC(=O)[C@]1(C)[C@@H]2C(=O)C=C[C@@]21[Si](C)(C)C. The van der Waals surface area contributed by atoms with Gasteiger partial charge in [-0.3, -0.25) is 9.59 Å². The second-order valence-electron chi connectivity index (χ2n) is 5.98. The van der Waals surface area contributed by atoms with Gasteiger partial charge < -0.3 is 4.74 Å². The van der Waals surface area contributed by atoms with Crippen molar-refractivity contribution in [3.8, 4) is 0 Å². The minimum absolute atomic E-state index is 0.0929. The molecular weight excluding hydrogens is 220 g/mol. The molecule has 0 unspecified atom stereocenters. The minimum atomic E-state index is -1.64. The molecule has 0 aliphatic heterocycles. The highest BCUT2D eigenvalue weighted by atomic mass is 28.3. The lowest BCUT2D eigenvalue weighted by atomic mass is 10.0. The second kappa shape index (κ2) is 2.86. The Hall–Kier alpha value is -0.903. The van der Waals surface area contributed by atoms with Crippen molar-refractivity contribution in [2.24, 2.45) is 11.3 Å². The van der Waals surface area contributed by atoms with E-state index in [0.29, 0.717) is 0 Å². The summed E-state index contributed by atoms with van der Waals surface area (Å²) in [4.78, 5) is 23.8. The summed E-state index contributed by atoms with van der Waals surface area (Å²) in [6.45, 7) is 8.49. The van der Waals surface area contributed by atoms with Crippen molar-refractivity contribution in [3.63, 3.8) is 0 Å². The monoisotopic (exact) mass is 238 g/mol. The molecule has 3 atom stereocenters. The highest BCUT2D eigenvalue weighted by Crippen LogP contribution is 2.82. The highest BCUT2D eigenvalue weighted by Gasteiger charge is 2.84. The maximum absolute atomic E-state index is 11.9. The molecule has 0 amide bonds. The van der Waals surface area contributed by atoms with Gasteiger partial charge in [-0.2, -0.15) is 0 Å². The van der Waals surface area contributed by atoms with E-state index in [1.807, 2.05) is 13.0 Å². The van der Waals surface area contributed by atoms with Crippen molar-refractivity contribution < 1.29 is 14.3 Å². The van der Waals surface area contributed by atoms with Gasteiger partial charge in [-0.15, -0.1) is 0 Å². The summed E-state index contributed by atoms with van der Waals surface area (Å²) in [6.07, 6.45) is 3.62. The van der Waals surface area contributed by atoms with E-state index in [4.69, 9.17) is 4.74 Å². The molecule has 0 radical (unpaired) electrons. The number of fused-ring (bicyclic) bond motifs is 1. The first-order valence-electron chi connectivity index (χ1n) is 5.55. The molecule has 1 saturated carbocycles. The lowest BCUT2D eigenvalue weighted by Gasteiger charge is -2.29. The van der Waals surface area contributed by atoms with Crippen molar-refractivity contribution in [1.82, 2.24) is 0 Å². The van der Waals surface area contributed by atoms with E-state index in [0.717, 1.165) is 0 Å². The van der Waals surface area contributed by atoms with Gasteiger partial charge in [0, 0.05) is 11.0 Å². The number of ether oxygens (including phenoxy) is 1. The van der Waals surface area contributed by atoms with Gasteiger partial charge in [0.25, 0.3) is 0 Å². The van der Waals surface area contributed by atoms with Crippen molar-refractivity contribution >= 4 is 19.8 Å². The van der Waals surface area contributed by atoms with Gasteiger partial charge in [0.15, 0.2) is 5.78 Å². The van der Waals surface area contributed by atoms with Crippen LogP contribution in [0.3, 0.4) is 0 Å². The molecule has 0 spiro atoms. The van der Waals surface area contributed by atoms with Crippen molar-refractivity contribution in [3.05, 3.63) is 12.2 Å². The fourth-order valence-electron chi connectivity index (χ4n) is 3.70. The Balaban J connectivity index is 2.51. The Morgan fingerprint density at radius 2 is 2.00 bits per heavy atom. The van der Waals surface area contributed by atoms with Crippen LogP contribution >= 0.6 is 0 Å². The van der Waals surface area contributed by atoms with Gasteiger partial charge in [0.05, 0.1) is 20.6 Å². The first kappa shape index (κ1) is 11.6. The normalized spacial score (nSPS) is 40.8. The van der Waals surface area contributed by atoms with E-state index in [-0.39, 0.29) is 22.7 Å². The molecule has 0 N–H and O–H groups in total. The van der Waals surface area contributed by atoms with E-state index in [2.05, 4.69) is 19.6 Å². The van der Waals surface area contributed by atoms with Crippen molar-refractivity contribution in [2.45, 2.75) is 31.6 Å². The molecule has 0 aromatic rings. The average molecular weight is 238 g/mol. The van der Waals surface area contributed by atoms with E-state index in [9.17, 15) is 9.59 Å². The first-order chi connectivity index (χ1) is 7.23. The lowest BCUT2D eigenvalue weighted by molar-refractivity contribution is -0.148. The van der Waals surface area contributed by atoms with Crippen molar-refractivity contribution in [2.75, 3.05) is 7.11 Å². The summed E-state index contributed by atoms with van der Waals surface area (Å²) in [5.41, 5.74) is -0.613. The largest absolute Gasteiger partial charge is 0.469 e. The average Bonchev–Trinajstić information content (AvgIpc) is 2.54.